The smallest absolute Gasteiger partial charge is 0.325 e. The lowest BCUT2D eigenvalue weighted by molar-refractivity contribution is -0.143. The van der Waals surface area contributed by atoms with Gasteiger partial charge in [0.15, 0.2) is 0 Å². The van der Waals surface area contributed by atoms with Crippen molar-refractivity contribution in [1.82, 2.24) is 9.88 Å². The third kappa shape index (κ3) is 4.21. The van der Waals surface area contributed by atoms with Gasteiger partial charge < -0.3 is 9.64 Å². The molecule has 0 saturated heterocycles. The molecular formula is C14H18N2O3. The van der Waals surface area contributed by atoms with Gasteiger partial charge in [0.1, 0.15) is 6.54 Å². The molecule has 1 amide bonds. The number of aryl methyl sites for hydroxylation is 1. The van der Waals surface area contributed by atoms with Crippen LogP contribution in [-0.2, 0) is 9.53 Å². The van der Waals surface area contributed by atoms with Gasteiger partial charge in [-0.2, -0.15) is 0 Å². The van der Waals surface area contributed by atoms with Crippen molar-refractivity contribution in [3.8, 4) is 0 Å². The molecule has 5 heteroatoms. The van der Waals surface area contributed by atoms with Gasteiger partial charge in [0.05, 0.1) is 12.2 Å². The van der Waals surface area contributed by atoms with Crippen LogP contribution in [0, 0.1) is 6.92 Å². The fourth-order valence-corrected chi connectivity index (χ4v) is 1.62. The van der Waals surface area contributed by atoms with E-state index in [1.54, 1.807) is 38.3 Å². The van der Waals surface area contributed by atoms with Crippen molar-refractivity contribution in [1.29, 1.82) is 0 Å². The number of aromatic nitrogens is 1. The number of amides is 1. The predicted molar refractivity (Wildman–Crippen MR) is 71.7 cm³/mol. The molecule has 1 rings (SSSR count). The van der Waals surface area contributed by atoms with E-state index in [0.29, 0.717) is 17.9 Å². The van der Waals surface area contributed by atoms with Gasteiger partial charge in [-0.25, -0.2) is 0 Å². The molecule has 0 unspecified atom stereocenters. The second kappa shape index (κ2) is 7.31. The maximum Gasteiger partial charge on any atom is 0.325 e. The lowest BCUT2D eigenvalue weighted by Crippen LogP contribution is -2.37. The topological polar surface area (TPSA) is 59.5 Å². The minimum atomic E-state index is -0.431. The van der Waals surface area contributed by atoms with Crippen LogP contribution in [0.4, 0.5) is 0 Å². The molecular weight excluding hydrogens is 244 g/mol. The first kappa shape index (κ1) is 14.9. The summed E-state index contributed by atoms with van der Waals surface area (Å²) in [6.45, 7) is 7.56. The van der Waals surface area contributed by atoms with Gasteiger partial charge in [0.2, 0.25) is 0 Å². The van der Waals surface area contributed by atoms with E-state index in [1.165, 1.54) is 4.90 Å². The molecule has 0 saturated carbocycles. The molecule has 0 fully saturated rings. The van der Waals surface area contributed by atoms with Crippen molar-refractivity contribution < 1.29 is 14.3 Å². The number of carbonyl (C=O) groups is 2. The van der Waals surface area contributed by atoms with Gasteiger partial charge >= 0.3 is 5.97 Å². The van der Waals surface area contributed by atoms with E-state index in [1.807, 2.05) is 0 Å². The van der Waals surface area contributed by atoms with Gasteiger partial charge in [0.25, 0.3) is 5.91 Å². The van der Waals surface area contributed by atoms with Gasteiger partial charge in [-0.1, -0.05) is 6.08 Å². The summed E-state index contributed by atoms with van der Waals surface area (Å²) in [6, 6.07) is 3.38. The highest BCUT2D eigenvalue weighted by Crippen LogP contribution is 2.08. The van der Waals surface area contributed by atoms with Crippen LogP contribution in [0.15, 0.2) is 31.0 Å². The van der Waals surface area contributed by atoms with Crippen molar-refractivity contribution >= 4 is 11.9 Å². The van der Waals surface area contributed by atoms with Crippen LogP contribution in [0.3, 0.4) is 0 Å². The molecule has 0 aliphatic heterocycles. The predicted octanol–water partition coefficient (Wildman–Crippen LogP) is 1.58. The zero-order chi connectivity index (χ0) is 14.3. The van der Waals surface area contributed by atoms with Gasteiger partial charge in [-0.15, -0.1) is 6.58 Å². The Balaban J connectivity index is 2.87. The van der Waals surface area contributed by atoms with Gasteiger partial charge in [-0.05, 0) is 26.0 Å². The van der Waals surface area contributed by atoms with Crippen LogP contribution >= 0.6 is 0 Å². The molecule has 0 spiro atoms. The van der Waals surface area contributed by atoms with Crippen molar-refractivity contribution in [3.05, 3.63) is 42.2 Å². The molecule has 0 aliphatic carbocycles. The van der Waals surface area contributed by atoms with E-state index in [2.05, 4.69) is 11.6 Å². The number of ether oxygens (including phenoxy) is 1. The fourth-order valence-electron chi connectivity index (χ4n) is 1.62. The number of esters is 1. The van der Waals surface area contributed by atoms with E-state index in [4.69, 9.17) is 4.74 Å². The third-order valence-corrected chi connectivity index (χ3v) is 2.50. The second-order valence-electron chi connectivity index (χ2n) is 3.92. The van der Waals surface area contributed by atoms with E-state index in [9.17, 15) is 9.59 Å². The zero-order valence-electron chi connectivity index (χ0n) is 11.3. The highest BCUT2D eigenvalue weighted by atomic mass is 16.5. The Morgan fingerprint density at radius 2 is 2.26 bits per heavy atom. The van der Waals surface area contributed by atoms with Crippen LogP contribution in [0.25, 0.3) is 0 Å². The summed E-state index contributed by atoms with van der Waals surface area (Å²) in [5.74, 6) is -0.683. The first-order chi connectivity index (χ1) is 9.10. The van der Waals surface area contributed by atoms with Crippen LogP contribution in [0.5, 0.6) is 0 Å². The van der Waals surface area contributed by atoms with Crippen LogP contribution in [-0.4, -0.2) is 41.5 Å². The van der Waals surface area contributed by atoms with Crippen LogP contribution in [0.1, 0.15) is 23.0 Å². The number of rotatable bonds is 6. The summed E-state index contributed by atoms with van der Waals surface area (Å²) in [6.07, 6.45) is 3.19. The molecule has 0 aliphatic rings. The minimum absolute atomic E-state index is 0.0903. The first-order valence-electron chi connectivity index (χ1n) is 6.07. The fraction of sp³-hybridized carbons (Fsp3) is 0.357. The Morgan fingerprint density at radius 3 is 2.84 bits per heavy atom. The average Bonchev–Trinajstić information content (AvgIpc) is 2.38. The number of hydrogen-bond acceptors (Lipinski definition) is 4. The molecule has 0 aromatic carbocycles. The van der Waals surface area contributed by atoms with E-state index < -0.39 is 5.97 Å². The third-order valence-electron chi connectivity index (χ3n) is 2.50. The maximum atomic E-state index is 12.3. The number of carbonyl (C=O) groups excluding carboxylic acids is 2. The Labute approximate surface area is 112 Å². The van der Waals surface area contributed by atoms with Crippen LogP contribution in [0.2, 0.25) is 0 Å². The van der Waals surface area contributed by atoms with Crippen molar-refractivity contribution in [2.45, 2.75) is 13.8 Å². The summed E-state index contributed by atoms with van der Waals surface area (Å²) in [5.41, 5.74) is 1.11. The molecule has 0 N–H and O–H groups in total. The lowest BCUT2D eigenvalue weighted by Gasteiger charge is -2.20. The van der Waals surface area contributed by atoms with E-state index in [0.717, 1.165) is 0 Å². The Kier molecular flexibility index (Phi) is 5.73. The minimum Gasteiger partial charge on any atom is -0.465 e. The summed E-state index contributed by atoms with van der Waals surface area (Å²) in [5, 5.41) is 0. The Morgan fingerprint density at radius 1 is 1.53 bits per heavy atom. The molecule has 1 aromatic heterocycles. The van der Waals surface area contributed by atoms with Gasteiger partial charge in [-0.3, -0.25) is 14.6 Å². The zero-order valence-corrected chi connectivity index (χ0v) is 11.3. The summed E-state index contributed by atoms with van der Waals surface area (Å²) in [7, 11) is 0. The molecule has 102 valence electrons. The number of hydrogen-bond donors (Lipinski definition) is 0. The summed E-state index contributed by atoms with van der Waals surface area (Å²) < 4.78 is 4.85. The first-order valence-corrected chi connectivity index (χ1v) is 6.07. The van der Waals surface area contributed by atoms with Crippen molar-refractivity contribution in [2.75, 3.05) is 19.7 Å². The standard InChI is InChI=1S/C14H18N2O3/c1-4-9-16(10-13(17)19-5-2)14(18)12-7-6-8-15-11(12)3/h4,6-8H,1,5,9-10H2,2-3H3. The monoisotopic (exact) mass is 262 g/mol. The SMILES string of the molecule is C=CCN(CC(=O)OCC)C(=O)c1cccnc1C. The molecule has 1 aromatic rings. The van der Waals surface area contributed by atoms with E-state index in [-0.39, 0.29) is 19.0 Å². The van der Waals surface area contributed by atoms with Crippen LogP contribution < -0.4 is 0 Å². The quantitative estimate of drug-likeness (QED) is 0.577. The Bertz CT molecular complexity index is 472. The van der Waals surface area contributed by atoms with Gasteiger partial charge in [0, 0.05) is 18.4 Å². The maximum absolute atomic E-state index is 12.3. The van der Waals surface area contributed by atoms with Crippen molar-refractivity contribution in [2.24, 2.45) is 0 Å². The van der Waals surface area contributed by atoms with E-state index >= 15 is 0 Å². The number of pyridine rings is 1. The highest BCUT2D eigenvalue weighted by Gasteiger charge is 2.20. The summed E-state index contributed by atoms with van der Waals surface area (Å²) in [4.78, 5) is 29.3. The molecule has 0 radical (unpaired) electrons. The molecule has 19 heavy (non-hydrogen) atoms. The highest BCUT2D eigenvalue weighted by molar-refractivity contribution is 5.96. The normalized spacial score (nSPS) is 9.79. The number of nitrogens with zero attached hydrogens (tertiary/aromatic N) is 2. The second-order valence-corrected chi connectivity index (χ2v) is 3.92. The lowest BCUT2D eigenvalue weighted by atomic mass is 10.2. The average molecular weight is 262 g/mol. The molecule has 0 bridgehead atoms. The Hall–Kier alpha value is -2.17. The summed E-state index contributed by atoms with van der Waals surface area (Å²) >= 11 is 0. The molecule has 1 heterocycles. The molecule has 0 atom stereocenters. The van der Waals surface area contributed by atoms with Crippen molar-refractivity contribution in [3.63, 3.8) is 0 Å². The largest absolute Gasteiger partial charge is 0.465 e. The molecule has 5 nitrogen and oxygen atoms in total.